The van der Waals surface area contributed by atoms with Gasteiger partial charge >= 0.3 is 5.97 Å². The Kier molecular flexibility index (Phi) is 6.46. The highest BCUT2D eigenvalue weighted by Gasteiger charge is 2.07. The smallest absolute Gasteiger partial charge is 0.337 e. The Morgan fingerprint density at radius 2 is 1.44 bits per heavy atom. The van der Waals surface area contributed by atoms with Crippen molar-refractivity contribution in [3.8, 4) is 0 Å². The molecule has 0 aromatic heterocycles. The van der Waals surface area contributed by atoms with E-state index in [0.29, 0.717) is 30.5 Å². The lowest BCUT2D eigenvalue weighted by atomic mass is 10.1. The summed E-state index contributed by atoms with van der Waals surface area (Å²) in [6.07, 6.45) is 1.19. The van der Waals surface area contributed by atoms with Crippen LogP contribution in [-0.4, -0.2) is 24.8 Å². The van der Waals surface area contributed by atoms with Crippen molar-refractivity contribution in [1.82, 2.24) is 5.32 Å². The predicted molar refractivity (Wildman–Crippen MR) is 94.4 cm³/mol. The minimum absolute atomic E-state index is 0.153. The van der Waals surface area contributed by atoms with E-state index in [9.17, 15) is 14.4 Å². The summed E-state index contributed by atoms with van der Waals surface area (Å²) >= 11 is 0. The van der Waals surface area contributed by atoms with E-state index in [-0.39, 0.29) is 17.7 Å². The molecule has 0 unspecified atom stereocenters. The van der Waals surface area contributed by atoms with E-state index in [1.807, 2.05) is 12.1 Å². The van der Waals surface area contributed by atoms with Crippen molar-refractivity contribution < 1.29 is 19.1 Å². The molecule has 0 saturated heterocycles. The molecule has 0 atom stereocenters. The topological polar surface area (TPSA) is 72.5 Å². The van der Waals surface area contributed by atoms with E-state index >= 15 is 0 Å². The normalized spacial score (nSPS) is 10.2. The highest BCUT2D eigenvalue weighted by Crippen LogP contribution is 2.09. The van der Waals surface area contributed by atoms with Gasteiger partial charge in [-0.05, 0) is 48.7 Å². The van der Waals surface area contributed by atoms with Crippen LogP contribution in [0.15, 0.2) is 48.5 Å². The number of hydrogen-bond donors (Lipinski definition) is 1. The molecule has 2 aromatic carbocycles. The van der Waals surface area contributed by atoms with Gasteiger partial charge in [0.05, 0.1) is 12.7 Å². The third kappa shape index (κ3) is 5.57. The molecule has 0 aliphatic heterocycles. The van der Waals surface area contributed by atoms with Crippen LogP contribution in [0.3, 0.4) is 0 Å². The second kappa shape index (κ2) is 8.78. The largest absolute Gasteiger partial charge is 0.465 e. The summed E-state index contributed by atoms with van der Waals surface area (Å²) in [6, 6.07) is 14.1. The van der Waals surface area contributed by atoms with Crippen LogP contribution < -0.4 is 5.32 Å². The predicted octanol–water partition coefficient (Wildman–Crippen LogP) is 2.92. The standard InChI is InChI=1S/C20H21NO4/c1-14(22)3-4-15-5-9-17(10-6-15)19(23)21-13-16-7-11-18(12-8-16)20(24)25-2/h5-12H,3-4,13H2,1-2H3,(H,21,23). The molecule has 2 aromatic rings. The number of amides is 1. The molecule has 0 radical (unpaired) electrons. The number of ketones is 1. The number of ether oxygens (including phenoxy) is 1. The van der Waals surface area contributed by atoms with Crippen LogP contribution >= 0.6 is 0 Å². The molecular formula is C20H21NO4. The Balaban J connectivity index is 1.89. The summed E-state index contributed by atoms with van der Waals surface area (Å²) in [4.78, 5) is 34.6. The quantitative estimate of drug-likeness (QED) is 0.787. The summed E-state index contributed by atoms with van der Waals surface area (Å²) in [7, 11) is 1.34. The van der Waals surface area contributed by atoms with Gasteiger partial charge in [-0.15, -0.1) is 0 Å². The first kappa shape index (κ1) is 18.4. The maximum atomic E-state index is 12.2. The summed E-state index contributed by atoms with van der Waals surface area (Å²) in [6.45, 7) is 1.94. The summed E-state index contributed by atoms with van der Waals surface area (Å²) in [5.74, 6) is -0.407. The van der Waals surface area contributed by atoms with Gasteiger partial charge in [-0.25, -0.2) is 4.79 Å². The Labute approximate surface area is 147 Å². The Bertz CT molecular complexity index is 748. The Hall–Kier alpha value is -2.95. The van der Waals surface area contributed by atoms with Crippen molar-refractivity contribution in [3.63, 3.8) is 0 Å². The molecule has 2 rings (SSSR count). The van der Waals surface area contributed by atoms with Gasteiger partial charge in [-0.2, -0.15) is 0 Å². The van der Waals surface area contributed by atoms with Crippen LogP contribution in [-0.2, 0) is 22.5 Å². The number of rotatable bonds is 7. The van der Waals surface area contributed by atoms with Crippen LogP contribution in [0.4, 0.5) is 0 Å². The molecule has 0 saturated carbocycles. The molecule has 1 N–H and O–H groups in total. The zero-order valence-corrected chi connectivity index (χ0v) is 14.4. The first-order chi connectivity index (χ1) is 12.0. The number of carbonyl (C=O) groups excluding carboxylic acids is 3. The number of esters is 1. The van der Waals surface area contributed by atoms with Crippen molar-refractivity contribution in [1.29, 1.82) is 0 Å². The lowest BCUT2D eigenvalue weighted by Gasteiger charge is -2.07. The number of aryl methyl sites for hydroxylation is 1. The molecule has 0 heterocycles. The molecule has 5 heteroatoms. The second-order valence-electron chi connectivity index (χ2n) is 5.77. The van der Waals surface area contributed by atoms with Gasteiger partial charge in [0.1, 0.15) is 5.78 Å². The molecular weight excluding hydrogens is 318 g/mol. The molecule has 0 fully saturated rings. The first-order valence-corrected chi connectivity index (χ1v) is 8.03. The molecule has 25 heavy (non-hydrogen) atoms. The van der Waals surface area contributed by atoms with Gasteiger partial charge in [0, 0.05) is 18.5 Å². The fourth-order valence-electron chi connectivity index (χ4n) is 2.30. The van der Waals surface area contributed by atoms with Crippen LogP contribution in [0.1, 0.15) is 45.2 Å². The molecule has 130 valence electrons. The molecule has 5 nitrogen and oxygen atoms in total. The minimum Gasteiger partial charge on any atom is -0.465 e. The van der Waals surface area contributed by atoms with E-state index in [1.165, 1.54) is 7.11 Å². The van der Waals surface area contributed by atoms with Gasteiger partial charge in [-0.1, -0.05) is 24.3 Å². The molecule has 0 aliphatic carbocycles. The van der Waals surface area contributed by atoms with E-state index in [0.717, 1.165) is 11.1 Å². The van der Waals surface area contributed by atoms with E-state index in [1.54, 1.807) is 43.3 Å². The van der Waals surface area contributed by atoms with Gasteiger partial charge in [0.15, 0.2) is 0 Å². The zero-order chi connectivity index (χ0) is 18.2. The van der Waals surface area contributed by atoms with Gasteiger partial charge in [0.2, 0.25) is 0 Å². The number of carbonyl (C=O) groups is 3. The molecule has 0 spiro atoms. The van der Waals surface area contributed by atoms with E-state index < -0.39 is 0 Å². The van der Waals surface area contributed by atoms with E-state index in [2.05, 4.69) is 10.1 Å². The third-order valence-electron chi connectivity index (χ3n) is 3.81. The van der Waals surface area contributed by atoms with Crippen molar-refractivity contribution in [2.24, 2.45) is 0 Å². The van der Waals surface area contributed by atoms with Crippen molar-refractivity contribution >= 4 is 17.7 Å². The monoisotopic (exact) mass is 339 g/mol. The highest BCUT2D eigenvalue weighted by atomic mass is 16.5. The van der Waals surface area contributed by atoms with Crippen molar-refractivity contribution in [3.05, 3.63) is 70.8 Å². The Morgan fingerprint density at radius 1 is 0.880 bits per heavy atom. The summed E-state index contributed by atoms with van der Waals surface area (Å²) in [5, 5.41) is 2.84. The number of methoxy groups -OCH3 is 1. The van der Waals surface area contributed by atoms with Gasteiger partial charge in [0.25, 0.3) is 5.91 Å². The zero-order valence-electron chi connectivity index (χ0n) is 14.4. The number of nitrogens with one attached hydrogen (secondary N) is 1. The maximum Gasteiger partial charge on any atom is 0.337 e. The van der Waals surface area contributed by atoms with Gasteiger partial charge < -0.3 is 14.8 Å². The Morgan fingerprint density at radius 3 is 2.00 bits per heavy atom. The van der Waals surface area contributed by atoms with Crippen LogP contribution in [0.5, 0.6) is 0 Å². The van der Waals surface area contributed by atoms with Crippen molar-refractivity contribution in [2.75, 3.05) is 7.11 Å². The first-order valence-electron chi connectivity index (χ1n) is 8.03. The summed E-state index contributed by atoms with van der Waals surface area (Å²) in [5.41, 5.74) is 2.96. The second-order valence-corrected chi connectivity index (χ2v) is 5.77. The SMILES string of the molecule is COC(=O)c1ccc(CNC(=O)c2ccc(CCC(C)=O)cc2)cc1. The van der Waals surface area contributed by atoms with Crippen molar-refractivity contribution in [2.45, 2.75) is 26.3 Å². The average molecular weight is 339 g/mol. The fourth-order valence-corrected chi connectivity index (χ4v) is 2.30. The number of Topliss-reactive ketones (excluding diaryl/α,β-unsaturated/α-hetero) is 1. The minimum atomic E-state index is -0.388. The number of benzene rings is 2. The van der Waals surface area contributed by atoms with Crippen LogP contribution in [0.25, 0.3) is 0 Å². The van der Waals surface area contributed by atoms with Crippen LogP contribution in [0, 0.1) is 0 Å². The lowest BCUT2D eigenvalue weighted by molar-refractivity contribution is -0.116. The summed E-state index contributed by atoms with van der Waals surface area (Å²) < 4.78 is 4.64. The molecule has 0 bridgehead atoms. The fraction of sp³-hybridized carbons (Fsp3) is 0.250. The number of hydrogen-bond acceptors (Lipinski definition) is 4. The van der Waals surface area contributed by atoms with E-state index in [4.69, 9.17) is 0 Å². The average Bonchev–Trinajstić information content (AvgIpc) is 2.64. The molecule has 0 aliphatic rings. The van der Waals surface area contributed by atoms with Gasteiger partial charge in [-0.3, -0.25) is 4.79 Å². The molecule has 1 amide bonds. The lowest BCUT2D eigenvalue weighted by Crippen LogP contribution is -2.22. The third-order valence-corrected chi connectivity index (χ3v) is 3.81. The van der Waals surface area contributed by atoms with Crippen LogP contribution in [0.2, 0.25) is 0 Å². The highest BCUT2D eigenvalue weighted by molar-refractivity contribution is 5.94. The maximum absolute atomic E-state index is 12.2.